The summed E-state index contributed by atoms with van der Waals surface area (Å²) in [6, 6.07) is 15.2. The summed E-state index contributed by atoms with van der Waals surface area (Å²) in [5, 5.41) is 5.01. The van der Waals surface area contributed by atoms with Crippen molar-refractivity contribution >= 4 is 39.2 Å². The van der Waals surface area contributed by atoms with Gasteiger partial charge in [-0.15, -0.1) is 0 Å². The number of carbonyl (C=O) groups is 2. The van der Waals surface area contributed by atoms with E-state index < -0.39 is 0 Å². The normalized spacial score (nSPS) is 15.1. The van der Waals surface area contributed by atoms with Crippen LogP contribution >= 0.6 is 0 Å². The van der Waals surface area contributed by atoms with Crippen LogP contribution in [-0.4, -0.2) is 21.7 Å². The second-order valence-electron chi connectivity index (χ2n) is 9.23. The number of anilines is 1. The van der Waals surface area contributed by atoms with E-state index in [0.717, 1.165) is 46.8 Å². The molecule has 0 unspecified atom stereocenters. The van der Waals surface area contributed by atoms with Crippen molar-refractivity contribution in [1.82, 2.24) is 9.97 Å². The summed E-state index contributed by atoms with van der Waals surface area (Å²) in [6.45, 7) is 5.99. The Morgan fingerprint density at radius 3 is 2.55 bits per heavy atom. The number of carbonyl (C=O) groups excluding carboxylic acids is 2. The molecule has 1 aliphatic rings. The van der Waals surface area contributed by atoms with E-state index >= 15 is 0 Å². The number of H-pyrrole nitrogens is 1. The number of nitrogens with zero attached hydrogens (tertiary/aromatic N) is 1. The minimum absolute atomic E-state index is 0.114. The van der Waals surface area contributed by atoms with Crippen LogP contribution in [0.25, 0.3) is 21.8 Å². The molecule has 0 saturated carbocycles. The fraction of sp³-hybridized carbons (Fsp3) is 0.269. The second kappa shape index (κ2) is 7.05. The van der Waals surface area contributed by atoms with E-state index in [0.29, 0.717) is 16.9 Å². The van der Waals surface area contributed by atoms with Gasteiger partial charge >= 0.3 is 0 Å². The Labute approximate surface area is 180 Å². The number of aryl methyl sites for hydroxylation is 1. The molecule has 5 heteroatoms. The van der Waals surface area contributed by atoms with Crippen molar-refractivity contribution in [1.29, 1.82) is 0 Å². The van der Waals surface area contributed by atoms with Crippen LogP contribution in [0, 0.1) is 5.41 Å². The van der Waals surface area contributed by atoms with E-state index in [2.05, 4.69) is 30.2 Å². The molecular formula is C26H25N3O2. The van der Waals surface area contributed by atoms with Crippen LogP contribution < -0.4 is 5.32 Å². The largest absolute Gasteiger partial charge is 0.353 e. The van der Waals surface area contributed by atoms with E-state index in [4.69, 9.17) is 4.98 Å². The topological polar surface area (TPSA) is 74.8 Å². The number of hydrogen-bond acceptors (Lipinski definition) is 3. The van der Waals surface area contributed by atoms with Gasteiger partial charge in [-0.2, -0.15) is 0 Å². The number of hydrogen-bond donors (Lipinski definition) is 2. The van der Waals surface area contributed by atoms with E-state index in [-0.39, 0.29) is 17.1 Å². The lowest BCUT2D eigenvalue weighted by Crippen LogP contribution is -2.24. The standard InChI is InChI=1S/C26H25N3O2/c1-15(30)27-17-10-8-16(9-11-17)25(31)24-23-22(18-6-4-5-7-20(18)28-23)19-12-13-26(2,3)14-21(19)29-24/h4-11,28H,12-14H2,1-3H3,(H,27,30). The first kappa shape index (κ1) is 19.5. The van der Waals surface area contributed by atoms with Gasteiger partial charge in [0.25, 0.3) is 0 Å². The summed E-state index contributed by atoms with van der Waals surface area (Å²) in [7, 11) is 0. The van der Waals surface area contributed by atoms with E-state index in [1.54, 1.807) is 24.3 Å². The molecule has 31 heavy (non-hydrogen) atoms. The minimum Gasteiger partial charge on any atom is -0.353 e. The first-order valence-electron chi connectivity index (χ1n) is 10.7. The highest BCUT2D eigenvalue weighted by molar-refractivity contribution is 6.20. The fourth-order valence-corrected chi connectivity index (χ4v) is 4.67. The summed E-state index contributed by atoms with van der Waals surface area (Å²) >= 11 is 0. The number of benzene rings is 2. The predicted molar refractivity (Wildman–Crippen MR) is 124 cm³/mol. The van der Waals surface area contributed by atoms with Crippen molar-refractivity contribution in [2.45, 2.75) is 40.0 Å². The van der Waals surface area contributed by atoms with Crippen LogP contribution in [0.5, 0.6) is 0 Å². The molecule has 1 aliphatic carbocycles. The number of aromatic amines is 1. The third kappa shape index (κ3) is 3.40. The molecule has 0 radical (unpaired) electrons. The lowest BCUT2D eigenvalue weighted by molar-refractivity contribution is -0.114. The van der Waals surface area contributed by atoms with Gasteiger partial charge in [0, 0.05) is 40.2 Å². The lowest BCUT2D eigenvalue weighted by Gasteiger charge is -2.31. The van der Waals surface area contributed by atoms with Gasteiger partial charge in [-0.1, -0.05) is 32.0 Å². The first-order chi connectivity index (χ1) is 14.8. The van der Waals surface area contributed by atoms with Gasteiger partial charge in [-0.3, -0.25) is 9.59 Å². The fourth-order valence-electron chi connectivity index (χ4n) is 4.67. The quantitative estimate of drug-likeness (QED) is 0.442. The Bertz CT molecular complexity index is 1350. The average molecular weight is 412 g/mol. The molecule has 0 spiro atoms. The SMILES string of the molecule is CC(=O)Nc1ccc(C(=O)c2nc3c(c4c2[nH]c2ccccc24)CCC(C)(C)C3)cc1. The summed E-state index contributed by atoms with van der Waals surface area (Å²) in [5.41, 5.74) is 5.99. The van der Waals surface area contributed by atoms with Crippen molar-refractivity contribution in [3.63, 3.8) is 0 Å². The van der Waals surface area contributed by atoms with E-state index in [1.165, 1.54) is 12.5 Å². The third-order valence-corrected chi connectivity index (χ3v) is 6.22. The summed E-state index contributed by atoms with van der Waals surface area (Å²) in [6.07, 6.45) is 2.93. The molecule has 0 saturated heterocycles. The number of aromatic nitrogens is 2. The molecule has 5 rings (SSSR count). The number of pyridine rings is 1. The van der Waals surface area contributed by atoms with E-state index in [1.807, 2.05) is 18.2 Å². The van der Waals surface area contributed by atoms with E-state index in [9.17, 15) is 9.59 Å². The van der Waals surface area contributed by atoms with Crippen molar-refractivity contribution in [2.75, 3.05) is 5.32 Å². The molecule has 0 atom stereocenters. The monoisotopic (exact) mass is 411 g/mol. The van der Waals surface area contributed by atoms with Crippen LogP contribution in [0.2, 0.25) is 0 Å². The highest BCUT2D eigenvalue weighted by atomic mass is 16.1. The van der Waals surface area contributed by atoms with Gasteiger partial charge in [-0.25, -0.2) is 4.98 Å². The van der Waals surface area contributed by atoms with Crippen LogP contribution in [0.3, 0.4) is 0 Å². The Kier molecular flexibility index (Phi) is 4.43. The van der Waals surface area contributed by atoms with Gasteiger partial charge in [0.15, 0.2) is 0 Å². The average Bonchev–Trinajstić information content (AvgIpc) is 3.11. The Balaban J connectivity index is 1.69. The Hall–Kier alpha value is -3.47. The molecule has 4 aromatic rings. The summed E-state index contributed by atoms with van der Waals surface area (Å²) in [4.78, 5) is 33.2. The minimum atomic E-state index is -0.141. The molecule has 0 aliphatic heterocycles. The predicted octanol–water partition coefficient (Wildman–Crippen LogP) is 5.42. The molecule has 1 amide bonds. The highest BCUT2D eigenvalue weighted by Crippen LogP contribution is 2.40. The van der Waals surface area contributed by atoms with Crippen LogP contribution in [0.15, 0.2) is 48.5 Å². The Morgan fingerprint density at radius 1 is 1.06 bits per heavy atom. The Morgan fingerprint density at radius 2 is 1.81 bits per heavy atom. The van der Waals surface area contributed by atoms with Gasteiger partial charge in [0.2, 0.25) is 11.7 Å². The smallest absolute Gasteiger partial charge is 0.221 e. The molecule has 2 N–H and O–H groups in total. The van der Waals surface area contributed by atoms with Crippen molar-refractivity contribution in [3.05, 3.63) is 71.0 Å². The van der Waals surface area contributed by atoms with Crippen LogP contribution in [0.4, 0.5) is 5.69 Å². The molecule has 2 aromatic carbocycles. The maximum absolute atomic E-state index is 13.5. The molecule has 5 nitrogen and oxygen atoms in total. The third-order valence-electron chi connectivity index (χ3n) is 6.22. The van der Waals surface area contributed by atoms with Crippen LogP contribution in [-0.2, 0) is 17.6 Å². The van der Waals surface area contributed by atoms with Gasteiger partial charge < -0.3 is 10.3 Å². The molecule has 2 heterocycles. The zero-order chi connectivity index (χ0) is 21.8. The van der Waals surface area contributed by atoms with Crippen molar-refractivity contribution in [2.24, 2.45) is 5.41 Å². The number of amides is 1. The van der Waals surface area contributed by atoms with Gasteiger partial charge in [0.05, 0.1) is 5.52 Å². The molecule has 0 fully saturated rings. The summed E-state index contributed by atoms with van der Waals surface area (Å²) in [5.74, 6) is -0.255. The van der Waals surface area contributed by atoms with Crippen molar-refractivity contribution in [3.8, 4) is 0 Å². The number of nitrogens with one attached hydrogen (secondary N) is 2. The molecule has 0 bridgehead atoms. The maximum atomic E-state index is 13.5. The maximum Gasteiger partial charge on any atom is 0.221 e. The van der Waals surface area contributed by atoms with Gasteiger partial charge in [0.1, 0.15) is 5.69 Å². The van der Waals surface area contributed by atoms with Gasteiger partial charge in [-0.05, 0) is 60.6 Å². The molecular weight excluding hydrogens is 386 g/mol. The highest BCUT2D eigenvalue weighted by Gasteiger charge is 2.31. The zero-order valence-electron chi connectivity index (χ0n) is 18.0. The number of rotatable bonds is 3. The number of fused-ring (bicyclic) bond motifs is 5. The van der Waals surface area contributed by atoms with Crippen molar-refractivity contribution < 1.29 is 9.59 Å². The number of ketones is 1. The molecule has 2 aromatic heterocycles. The van der Waals surface area contributed by atoms with Crippen LogP contribution in [0.1, 0.15) is 54.5 Å². The zero-order valence-corrected chi connectivity index (χ0v) is 18.0. The second-order valence-corrected chi connectivity index (χ2v) is 9.23. The lowest BCUT2D eigenvalue weighted by atomic mass is 9.75. The molecule has 156 valence electrons. The summed E-state index contributed by atoms with van der Waals surface area (Å²) < 4.78 is 0. The number of para-hydroxylation sites is 1. The first-order valence-corrected chi connectivity index (χ1v) is 10.7.